The molecule has 0 radical (unpaired) electrons. The fraction of sp³-hybridized carbons (Fsp3) is 0.250. The summed E-state index contributed by atoms with van der Waals surface area (Å²) in [5.74, 6) is 0.795. The lowest BCUT2D eigenvalue weighted by Crippen LogP contribution is -1.95. The van der Waals surface area contributed by atoms with Gasteiger partial charge in [0.25, 0.3) is 6.01 Å². The maximum absolute atomic E-state index is 5.96. The minimum Gasteiger partial charge on any atom is -0.496 e. The normalized spacial score (nSPS) is 10.3. The number of methoxy groups -OCH3 is 1. The number of hydrogen-bond donors (Lipinski definition) is 1. The number of oxazole rings is 1. The Balaban J connectivity index is 2.25. The molecule has 1 heterocycles. The number of anilines is 1. The summed E-state index contributed by atoms with van der Waals surface area (Å²) in [6.45, 7) is 0. The molecule has 0 aliphatic carbocycles. The van der Waals surface area contributed by atoms with E-state index in [0.29, 0.717) is 17.5 Å². The molecule has 90 valence electrons. The molecule has 0 saturated heterocycles. The third-order valence-corrected chi connectivity index (χ3v) is 2.61. The fourth-order valence-corrected chi connectivity index (χ4v) is 1.78. The van der Waals surface area contributed by atoms with Crippen LogP contribution in [-0.4, -0.2) is 19.1 Å². The first-order chi connectivity index (χ1) is 8.22. The summed E-state index contributed by atoms with van der Waals surface area (Å²) in [4.78, 5) is 4.25. The van der Waals surface area contributed by atoms with E-state index < -0.39 is 0 Å². The lowest BCUT2D eigenvalue weighted by molar-refractivity contribution is 0.410. The highest BCUT2D eigenvalue weighted by molar-refractivity contribution is 6.30. The van der Waals surface area contributed by atoms with Crippen molar-refractivity contribution >= 4 is 17.6 Å². The van der Waals surface area contributed by atoms with Crippen LogP contribution in [0.2, 0.25) is 5.02 Å². The largest absolute Gasteiger partial charge is 0.496 e. The van der Waals surface area contributed by atoms with Gasteiger partial charge in [-0.25, -0.2) is 0 Å². The van der Waals surface area contributed by atoms with Crippen molar-refractivity contribution in [1.82, 2.24) is 4.98 Å². The summed E-state index contributed by atoms with van der Waals surface area (Å²) < 4.78 is 10.5. The maximum atomic E-state index is 5.96. The number of ether oxygens (including phenoxy) is 1. The molecule has 1 N–H and O–H groups in total. The summed E-state index contributed by atoms with van der Waals surface area (Å²) in [5.41, 5.74) is 1.81. The number of nitrogens with one attached hydrogen (secondary N) is 1. The van der Waals surface area contributed by atoms with Crippen molar-refractivity contribution in [2.45, 2.75) is 6.42 Å². The quantitative estimate of drug-likeness (QED) is 0.909. The molecule has 1 aromatic heterocycles. The Labute approximate surface area is 105 Å². The molecular weight excluding hydrogens is 240 g/mol. The molecule has 0 unspecified atom stereocenters. The second kappa shape index (κ2) is 5.10. The summed E-state index contributed by atoms with van der Waals surface area (Å²) in [6.07, 6.45) is 2.24. The molecule has 0 fully saturated rings. The van der Waals surface area contributed by atoms with E-state index >= 15 is 0 Å². The first-order valence-electron chi connectivity index (χ1n) is 5.17. The zero-order valence-corrected chi connectivity index (χ0v) is 10.4. The number of halogens is 1. The van der Waals surface area contributed by atoms with Crippen molar-refractivity contribution in [3.05, 3.63) is 40.7 Å². The first kappa shape index (κ1) is 11.8. The van der Waals surface area contributed by atoms with Crippen molar-refractivity contribution in [2.75, 3.05) is 19.5 Å². The highest BCUT2D eigenvalue weighted by Gasteiger charge is 2.08. The summed E-state index contributed by atoms with van der Waals surface area (Å²) >= 11 is 5.96. The lowest BCUT2D eigenvalue weighted by atomic mass is 10.1. The molecule has 5 heteroatoms. The minimum absolute atomic E-state index is 0.501. The lowest BCUT2D eigenvalue weighted by Gasteiger charge is -2.06. The van der Waals surface area contributed by atoms with Gasteiger partial charge in [-0.1, -0.05) is 11.6 Å². The van der Waals surface area contributed by atoms with E-state index in [-0.39, 0.29) is 0 Å². The Hall–Kier alpha value is -1.68. The van der Waals surface area contributed by atoms with Gasteiger partial charge in [-0.2, -0.15) is 4.98 Å². The summed E-state index contributed by atoms with van der Waals surface area (Å²) in [7, 11) is 3.39. The van der Waals surface area contributed by atoms with Crippen molar-refractivity contribution in [3.8, 4) is 5.75 Å². The summed E-state index contributed by atoms with van der Waals surface area (Å²) in [6, 6.07) is 6.01. The van der Waals surface area contributed by atoms with E-state index in [1.165, 1.54) is 0 Å². The Morgan fingerprint density at radius 3 is 2.94 bits per heavy atom. The first-order valence-corrected chi connectivity index (χ1v) is 5.55. The van der Waals surface area contributed by atoms with Gasteiger partial charge in [-0.15, -0.1) is 0 Å². The highest BCUT2D eigenvalue weighted by Crippen LogP contribution is 2.25. The molecule has 2 rings (SSSR count). The van der Waals surface area contributed by atoms with Crippen molar-refractivity contribution in [1.29, 1.82) is 0 Å². The molecule has 0 atom stereocenters. The molecule has 0 spiro atoms. The minimum atomic E-state index is 0.501. The molecule has 4 nitrogen and oxygen atoms in total. The molecule has 0 aliphatic heterocycles. The third-order valence-electron chi connectivity index (χ3n) is 2.38. The zero-order chi connectivity index (χ0) is 12.3. The Morgan fingerprint density at radius 2 is 2.29 bits per heavy atom. The zero-order valence-electron chi connectivity index (χ0n) is 9.66. The Kier molecular flexibility index (Phi) is 3.54. The molecular formula is C12H13ClN2O2. The number of nitrogens with zero attached hydrogens (tertiary/aromatic N) is 1. The van der Waals surface area contributed by atoms with Gasteiger partial charge in [-0.05, 0) is 18.2 Å². The predicted molar refractivity (Wildman–Crippen MR) is 66.9 cm³/mol. The average Bonchev–Trinajstić information content (AvgIpc) is 2.77. The van der Waals surface area contributed by atoms with Crippen LogP contribution >= 0.6 is 11.6 Å². The third kappa shape index (κ3) is 2.71. The van der Waals surface area contributed by atoms with Crippen LogP contribution in [0.25, 0.3) is 0 Å². The molecule has 0 bridgehead atoms. The van der Waals surface area contributed by atoms with Crippen LogP contribution in [0.1, 0.15) is 11.3 Å². The van der Waals surface area contributed by atoms with Gasteiger partial charge in [-0.3, -0.25) is 0 Å². The van der Waals surface area contributed by atoms with Crippen LogP contribution in [0.3, 0.4) is 0 Å². The van der Waals surface area contributed by atoms with Gasteiger partial charge < -0.3 is 14.5 Å². The van der Waals surface area contributed by atoms with Gasteiger partial charge in [0.15, 0.2) is 0 Å². The Morgan fingerprint density at radius 1 is 1.47 bits per heavy atom. The summed E-state index contributed by atoms with van der Waals surface area (Å²) in [5, 5.41) is 3.52. The van der Waals surface area contributed by atoms with E-state index in [1.54, 1.807) is 26.5 Å². The van der Waals surface area contributed by atoms with Crippen LogP contribution in [0.5, 0.6) is 5.75 Å². The van der Waals surface area contributed by atoms with E-state index in [9.17, 15) is 0 Å². The van der Waals surface area contributed by atoms with Gasteiger partial charge in [0.2, 0.25) is 0 Å². The fourth-order valence-electron chi connectivity index (χ4n) is 1.58. The van der Waals surface area contributed by atoms with Crippen LogP contribution < -0.4 is 10.1 Å². The maximum Gasteiger partial charge on any atom is 0.294 e. The smallest absolute Gasteiger partial charge is 0.294 e. The highest BCUT2D eigenvalue weighted by atomic mass is 35.5. The molecule has 1 aromatic carbocycles. The van der Waals surface area contributed by atoms with Gasteiger partial charge in [0.1, 0.15) is 12.0 Å². The van der Waals surface area contributed by atoms with Crippen LogP contribution in [0.4, 0.5) is 6.01 Å². The standard InChI is InChI=1S/C12H13ClN2O2/c1-14-12-15-10(7-17-12)6-8-5-9(13)3-4-11(8)16-2/h3-5,7H,6H2,1-2H3,(H,14,15). The van der Waals surface area contributed by atoms with Gasteiger partial charge >= 0.3 is 0 Å². The van der Waals surface area contributed by atoms with Crippen molar-refractivity contribution in [2.24, 2.45) is 0 Å². The second-order valence-corrected chi connectivity index (χ2v) is 3.96. The average molecular weight is 253 g/mol. The van der Waals surface area contributed by atoms with E-state index in [2.05, 4.69) is 10.3 Å². The van der Waals surface area contributed by atoms with Gasteiger partial charge in [0.05, 0.1) is 12.8 Å². The van der Waals surface area contributed by atoms with Gasteiger partial charge in [0, 0.05) is 24.1 Å². The molecule has 0 amide bonds. The second-order valence-electron chi connectivity index (χ2n) is 3.53. The van der Waals surface area contributed by atoms with E-state index in [1.807, 2.05) is 12.1 Å². The monoisotopic (exact) mass is 252 g/mol. The SMILES string of the molecule is CNc1nc(Cc2cc(Cl)ccc2OC)co1. The topological polar surface area (TPSA) is 47.3 Å². The molecule has 2 aromatic rings. The van der Waals surface area contributed by atoms with E-state index in [4.69, 9.17) is 20.8 Å². The number of hydrogen-bond acceptors (Lipinski definition) is 4. The van der Waals surface area contributed by atoms with E-state index in [0.717, 1.165) is 17.0 Å². The predicted octanol–water partition coefficient (Wildman–Crippen LogP) is 2.97. The van der Waals surface area contributed by atoms with Crippen LogP contribution in [-0.2, 0) is 6.42 Å². The van der Waals surface area contributed by atoms with Crippen molar-refractivity contribution in [3.63, 3.8) is 0 Å². The number of benzene rings is 1. The molecule has 0 saturated carbocycles. The van der Waals surface area contributed by atoms with Crippen molar-refractivity contribution < 1.29 is 9.15 Å². The van der Waals surface area contributed by atoms with Crippen LogP contribution in [0, 0.1) is 0 Å². The number of aromatic nitrogens is 1. The number of rotatable bonds is 4. The molecule has 0 aliphatic rings. The van der Waals surface area contributed by atoms with Crippen LogP contribution in [0.15, 0.2) is 28.9 Å². The molecule has 17 heavy (non-hydrogen) atoms. The Bertz CT molecular complexity index is 511.